The zero-order valence-corrected chi connectivity index (χ0v) is 16.3. The Morgan fingerprint density at radius 3 is 2.00 bits per heavy atom. The van der Waals surface area contributed by atoms with E-state index in [1.165, 1.54) is 0 Å². The molecule has 0 unspecified atom stereocenters. The van der Waals surface area contributed by atoms with E-state index in [2.05, 4.69) is 37.2 Å². The molecule has 1 heterocycles. The minimum absolute atomic E-state index is 0. The molecule has 0 amide bonds. The lowest BCUT2D eigenvalue weighted by molar-refractivity contribution is -0.148. The average Bonchev–Trinajstić information content (AvgIpc) is 2.35. The Bertz CT molecular complexity index is 449. The molecule has 1 aliphatic rings. The first-order chi connectivity index (χ1) is 9.35. The Morgan fingerprint density at radius 2 is 1.55 bits per heavy atom. The van der Waals surface area contributed by atoms with Crippen molar-refractivity contribution in [3.05, 3.63) is 32.7 Å². The van der Waals surface area contributed by atoms with Gasteiger partial charge in [0.1, 0.15) is 0 Å². The van der Waals surface area contributed by atoms with Crippen molar-refractivity contribution >= 4 is 56.7 Å². The Morgan fingerprint density at radius 1 is 1.05 bits per heavy atom. The smallest absolute Gasteiger partial charge is 0.314 e. The predicted molar refractivity (Wildman–Crippen MR) is 94.2 cm³/mol. The monoisotopic (exact) mass is 486 g/mol. The van der Waals surface area contributed by atoms with Crippen LogP contribution in [0.3, 0.4) is 0 Å². The molecule has 1 saturated heterocycles. The van der Waals surface area contributed by atoms with Crippen molar-refractivity contribution < 1.29 is 13.2 Å². The maximum absolute atomic E-state index is 12.9. The normalized spacial score (nSPS) is 17.3. The van der Waals surface area contributed by atoms with E-state index >= 15 is 0 Å². The van der Waals surface area contributed by atoms with Gasteiger partial charge in [-0.25, -0.2) is 0 Å². The van der Waals surface area contributed by atoms with Crippen LogP contribution >= 0.6 is 56.7 Å². The molecule has 1 aromatic rings. The fraction of sp³-hybridized carbons (Fsp3) is 0.538. The summed E-state index contributed by atoms with van der Waals surface area (Å²) in [5.74, 6) is 0. The molecule has 9 heteroatoms. The van der Waals surface area contributed by atoms with Gasteiger partial charge in [0.15, 0.2) is 0 Å². The molecule has 1 aromatic carbocycles. The van der Waals surface area contributed by atoms with Gasteiger partial charge in [0.05, 0.1) is 6.42 Å². The van der Waals surface area contributed by atoms with Crippen LogP contribution in [0.25, 0.3) is 0 Å². The van der Waals surface area contributed by atoms with E-state index in [0.717, 1.165) is 22.0 Å². The molecule has 0 saturated carbocycles. The summed E-state index contributed by atoms with van der Waals surface area (Å²) in [5.41, 5.74) is 0.686. The Kier molecular flexibility index (Phi) is 9.90. The molecule has 0 spiro atoms. The predicted octanol–water partition coefficient (Wildman–Crippen LogP) is 4.95. The van der Waals surface area contributed by atoms with E-state index < -0.39 is 18.6 Å². The van der Waals surface area contributed by atoms with Crippen LogP contribution in [0.5, 0.6) is 0 Å². The van der Waals surface area contributed by atoms with Crippen LogP contribution in [-0.4, -0.2) is 37.3 Å². The average molecular weight is 489 g/mol. The summed E-state index contributed by atoms with van der Waals surface area (Å²) in [7, 11) is 0. The highest BCUT2D eigenvalue weighted by Crippen LogP contribution is 2.36. The number of halogens is 7. The summed E-state index contributed by atoms with van der Waals surface area (Å²) < 4.78 is 40.2. The highest BCUT2D eigenvalue weighted by molar-refractivity contribution is 9.11. The van der Waals surface area contributed by atoms with Crippen LogP contribution in [0.15, 0.2) is 27.1 Å². The van der Waals surface area contributed by atoms with Crippen molar-refractivity contribution in [1.29, 1.82) is 0 Å². The molecule has 2 rings (SSSR count). The fourth-order valence-electron chi connectivity index (χ4n) is 2.44. The van der Waals surface area contributed by atoms with Gasteiger partial charge in [0.2, 0.25) is 0 Å². The van der Waals surface area contributed by atoms with E-state index in [0.29, 0.717) is 18.7 Å². The molecular formula is C13H17Br2Cl2F3N2. The second-order valence-electron chi connectivity index (χ2n) is 4.82. The van der Waals surface area contributed by atoms with Gasteiger partial charge in [-0.1, -0.05) is 31.9 Å². The number of hydrogen-bond acceptors (Lipinski definition) is 2. The first-order valence-corrected chi connectivity index (χ1v) is 7.91. The largest absolute Gasteiger partial charge is 0.390 e. The standard InChI is InChI=1S/C13H15Br2F3N2.2ClH/c14-10-5-9(6-11(15)7-10)12(8-13(16,17)18)20-3-1-19-2-4-20;;/h5-7,12,19H,1-4,8H2;2*1H/t12-;;/m1../s1. The van der Waals surface area contributed by atoms with Gasteiger partial charge in [0, 0.05) is 41.2 Å². The molecule has 128 valence electrons. The van der Waals surface area contributed by atoms with Crippen molar-refractivity contribution in [1.82, 2.24) is 10.2 Å². The fourth-order valence-corrected chi connectivity index (χ4v) is 3.77. The minimum atomic E-state index is -4.18. The third-order valence-corrected chi connectivity index (χ3v) is 4.20. The van der Waals surface area contributed by atoms with Crippen LogP contribution in [0, 0.1) is 0 Å². The van der Waals surface area contributed by atoms with Gasteiger partial charge in [-0.3, -0.25) is 4.90 Å². The van der Waals surface area contributed by atoms with E-state index in [4.69, 9.17) is 0 Å². The number of nitrogens with zero attached hydrogens (tertiary/aromatic N) is 1. The molecule has 0 aromatic heterocycles. The minimum Gasteiger partial charge on any atom is -0.314 e. The number of rotatable bonds is 3. The number of piperazine rings is 1. The zero-order valence-electron chi connectivity index (χ0n) is 11.5. The highest BCUT2D eigenvalue weighted by Gasteiger charge is 2.36. The first-order valence-electron chi connectivity index (χ1n) is 6.33. The van der Waals surface area contributed by atoms with Gasteiger partial charge in [0.25, 0.3) is 0 Å². The van der Waals surface area contributed by atoms with Crippen molar-refractivity contribution in [2.45, 2.75) is 18.6 Å². The summed E-state index contributed by atoms with van der Waals surface area (Å²) in [6.07, 6.45) is -5.00. The first kappa shape index (κ1) is 22.5. The molecule has 1 N–H and O–H groups in total. The maximum atomic E-state index is 12.9. The summed E-state index contributed by atoms with van der Waals surface area (Å²) in [5, 5.41) is 3.17. The Labute approximate surface area is 157 Å². The Balaban J connectivity index is 0.00000220. The zero-order chi connectivity index (χ0) is 14.8. The van der Waals surface area contributed by atoms with E-state index in [9.17, 15) is 13.2 Å². The van der Waals surface area contributed by atoms with E-state index in [1.54, 1.807) is 12.1 Å². The summed E-state index contributed by atoms with van der Waals surface area (Å²) in [6, 6.07) is 4.73. The van der Waals surface area contributed by atoms with Crippen LogP contribution in [0.4, 0.5) is 13.2 Å². The Hall–Kier alpha value is 0.470. The van der Waals surface area contributed by atoms with Gasteiger partial charge >= 0.3 is 6.18 Å². The molecular weight excluding hydrogens is 472 g/mol. The van der Waals surface area contributed by atoms with Gasteiger partial charge in [-0.2, -0.15) is 13.2 Å². The third-order valence-electron chi connectivity index (χ3n) is 3.29. The van der Waals surface area contributed by atoms with Gasteiger partial charge < -0.3 is 5.32 Å². The topological polar surface area (TPSA) is 15.3 Å². The second-order valence-corrected chi connectivity index (χ2v) is 6.66. The van der Waals surface area contributed by atoms with Crippen molar-refractivity contribution in [3.63, 3.8) is 0 Å². The summed E-state index contributed by atoms with van der Waals surface area (Å²) in [6.45, 7) is 2.71. The number of nitrogens with one attached hydrogen (secondary N) is 1. The van der Waals surface area contributed by atoms with E-state index in [-0.39, 0.29) is 24.8 Å². The number of alkyl halides is 3. The highest BCUT2D eigenvalue weighted by atomic mass is 79.9. The quantitative estimate of drug-likeness (QED) is 0.647. The summed E-state index contributed by atoms with van der Waals surface area (Å²) in [4.78, 5) is 1.90. The molecule has 22 heavy (non-hydrogen) atoms. The van der Waals surface area contributed by atoms with Crippen LogP contribution in [-0.2, 0) is 0 Å². The third kappa shape index (κ3) is 6.93. The van der Waals surface area contributed by atoms with Crippen LogP contribution in [0.2, 0.25) is 0 Å². The molecule has 0 radical (unpaired) electrons. The summed E-state index contributed by atoms with van der Waals surface area (Å²) >= 11 is 6.69. The molecule has 1 fully saturated rings. The number of hydrogen-bond donors (Lipinski definition) is 1. The van der Waals surface area contributed by atoms with Crippen molar-refractivity contribution in [2.24, 2.45) is 0 Å². The van der Waals surface area contributed by atoms with Crippen LogP contribution < -0.4 is 5.32 Å². The lowest BCUT2D eigenvalue weighted by Crippen LogP contribution is -2.46. The molecule has 1 aliphatic heterocycles. The number of benzene rings is 1. The SMILES string of the molecule is Cl.Cl.FC(F)(F)C[C@H](c1cc(Br)cc(Br)c1)N1CCNCC1. The lowest BCUT2D eigenvalue weighted by Gasteiger charge is -2.35. The van der Waals surface area contributed by atoms with Gasteiger partial charge in [-0.05, 0) is 23.8 Å². The lowest BCUT2D eigenvalue weighted by atomic mass is 10.0. The molecule has 0 aliphatic carbocycles. The van der Waals surface area contributed by atoms with E-state index in [1.807, 2.05) is 11.0 Å². The van der Waals surface area contributed by atoms with Crippen LogP contribution in [0.1, 0.15) is 18.0 Å². The molecule has 0 bridgehead atoms. The van der Waals surface area contributed by atoms with Crippen molar-refractivity contribution in [2.75, 3.05) is 26.2 Å². The second kappa shape index (κ2) is 9.69. The molecule has 1 atom stereocenters. The van der Waals surface area contributed by atoms with Gasteiger partial charge in [-0.15, -0.1) is 24.8 Å². The molecule has 2 nitrogen and oxygen atoms in total. The van der Waals surface area contributed by atoms with Crippen molar-refractivity contribution in [3.8, 4) is 0 Å². The maximum Gasteiger partial charge on any atom is 0.390 e.